The molecule has 0 spiro atoms. The van der Waals surface area contributed by atoms with Gasteiger partial charge in [-0.05, 0) is 35.1 Å². The fourth-order valence-electron chi connectivity index (χ4n) is 6.70. The van der Waals surface area contributed by atoms with E-state index in [0.29, 0.717) is 44.5 Å². The summed E-state index contributed by atoms with van der Waals surface area (Å²) in [5.41, 5.74) is 3.19. The third kappa shape index (κ3) is 6.37. The maximum Gasteiger partial charge on any atom is 0.407 e. The van der Waals surface area contributed by atoms with Gasteiger partial charge in [-0.3, -0.25) is 4.79 Å². The molecular formula is C35H38N2O6. The topological polar surface area (TPSA) is 117 Å². The number of Topliss-reactive ketones (excluding diaryl/α,β-unsaturated/α-hetero) is 1. The minimum absolute atomic E-state index is 0.0372. The third-order valence-corrected chi connectivity index (χ3v) is 8.87. The zero-order chi connectivity index (χ0) is 29.8. The van der Waals surface area contributed by atoms with Crippen molar-refractivity contribution in [2.45, 2.75) is 67.9 Å². The van der Waals surface area contributed by atoms with Gasteiger partial charge in [-0.2, -0.15) is 0 Å². The van der Waals surface area contributed by atoms with Crippen LogP contribution in [-0.2, 0) is 33.5 Å². The van der Waals surface area contributed by atoms with Crippen LogP contribution in [0.25, 0.3) is 0 Å². The number of benzene rings is 3. The van der Waals surface area contributed by atoms with Crippen LogP contribution < -0.4 is 10.6 Å². The lowest BCUT2D eigenvalue weighted by molar-refractivity contribution is -0.122. The first kappa shape index (κ1) is 29.1. The molecule has 1 saturated heterocycles. The number of alkyl carbamates (subject to hydrolysis) is 1. The monoisotopic (exact) mass is 582 g/mol. The number of rotatable bonds is 10. The van der Waals surface area contributed by atoms with E-state index < -0.39 is 35.8 Å². The minimum atomic E-state index is -1.17. The van der Waals surface area contributed by atoms with E-state index in [1.165, 1.54) is 0 Å². The highest BCUT2D eigenvalue weighted by Gasteiger charge is 2.50. The number of carbonyl (C=O) groups is 2. The highest BCUT2D eigenvalue weighted by atomic mass is 16.6. The fraction of sp³-hybridized carbons (Fsp3) is 0.371. The van der Waals surface area contributed by atoms with Gasteiger partial charge in [-0.1, -0.05) is 84.9 Å². The zero-order valence-electron chi connectivity index (χ0n) is 24.0. The fourth-order valence-corrected chi connectivity index (χ4v) is 6.70. The molecule has 4 N–H and O–H groups in total. The largest absolute Gasteiger partial charge is 0.444 e. The van der Waals surface area contributed by atoms with Gasteiger partial charge >= 0.3 is 6.09 Å². The lowest BCUT2D eigenvalue weighted by atomic mass is 9.76. The van der Waals surface area contributed by atoms with Crippen LogP contribution in [0, 0.1) is 0 Å². The van der Waals surface area contributed by atoms with Crippen LogP contribution in [0.1, 0.15) is 41.0 Å². The molecule has 1 amide bonds. The Hall–Kier alpha value is -3.98. The Bertz CT molecular complexity index is 1460. The molecule has 0 bridgehead atoms. The van der Waals surface area contributed by atoms with Crippen molar-refractivity contribution in [3.63, 3.8) is 0 Å². The molecule has 0 radical (unpaired) electrons. The maximum atomic E-state index is 14.5. The molecule has 3 aromatic carbocycles. The van der Waals surface area contributed by atoms with Crippen molar-refractivity contribution in [3.8, 4) is 0 Å². The predicted octanol–water partition coefficient (Wildman–Crippen LogP) is 3.60. The standard InChI is InChI=1S/C35H38N2O6/c38-30-18-25-13-7-8-14-27(25)32(30)28-21-36-35(33(28)40,19-24-11-5-2-6-12-24)20-31(39)29(17-23-9-3-1-4-10-23)37-34(41)43-26-15-16-42-22-26/h1-14,21,26,29-32,36,38-39H,15-20,22H2,(H,37,41). The van der Waals surface area contributed by atoms with Crippen LogP contribution in [0.2, 0.25) is 0 Å². The summed E-state index contributed by atoms with van der Waals surface area (Å²) in [5.74, 6) is -0.604. The number of aliphatic hydroxyl groups is 2. The number of hydrogen-bond acceptors (Lipinski definition) is 7. The van der Waals surface area contributed by atoms with E-state index in [4.69, 9.17) is 9.47 Å². The van der Waals surface area contributed by atoms with Crippen molar-refractivity contribution >= 4 is 11.9 Å². The van der Waals surface area contributed by atoms with Crippen LogP contribution in [0.4, 0.5) is 4.79 Å². The highest BCUT2D eigenvalue weighted by Crippen LogP contribution is 2.43. The molecule has 2 heterocycles. The normalized spacial score (nSPS) is 25.9. The molecule has 1 aliphatic carbocycles. The van der Waals surface area contributed by atoms with E-state index in [0.717, 1.165) is 22.3 Å². The average molecular weight is 583 g/mol. The smallest absolute Gasteiger partial charge is 0.407 e. The Balaban J connectivity index is 1.27. The number of carbonyl (C=O) groups excluding carboxylic acids is 2. The van der Waals surface area contributed by atoms with Gasteiger partial charge in [-0.15, -0.1) is 0 Å². The Morgan fingerprint density at radius 1 is 1.02 bits per heavy atom. The molecule has 0 aromatic heterocycles. The second-order valence-electron chi connectivity index (χ2n) is 11.9. The molecule has 8 heteroatoms. The number of hydrogen-bond donors (Lipinski definition) is 4. The number of ketones is 1. The van der Waals surface area contributed by atoms with Gasteiger partial charge in [0.2, 0.25) is 0 Å². The molecule has 224 valence electrons. The number of amides is 1. The molecule has 43 heavy (non-hydrogen) atoms. The Morgan fingerprint density at radius 3 is 2.44 bits per heavy atom. The van der Waals surface area contributed by atoms with Crippen LogP contribution in [0.5, 0.6) is 0 Å². The molecule has 1 fully saturated rings. The summed E-state index contributed by atoms with van der Waals surface area (Å²) in [7, 11) is 0. The van der Waals surface area contributed by atoms with Crippen LogP contribution in [0.3, 0.4) is 0 Å². The Morgan fingerprint density at radius 2 is 1.72 bits per heavy atom. The van der Waals surface area contributed by atoms with Crippen molar-refractivity contribution in [1.82, 2.24) is 10.6 Å². The van der Waals surface area contributed by atoms with Gasteiger partial charge in [0.15, 0.2) is 5.78 Å². The van der Waals surface area contributed by atoms with Gasteiger partial charge in [0, 0.05) is 37.0 Å². The van der Waals surface area contributed by atoms with E-state index in [9.17, 15) is 19.8 Å². The molecule has 8 nitrogen and oxygen atoms in total. The molecule has 3 aliphatic rings. The Labute approximate surface area is 251 Å². The Kier molecular flexibility index (Phi) is 8.61. The van der Waals surface area contributed by atoms with Gasteiger partial charge < -0.3 is 30.3 Å². The minimum Gasteiger partial charge on any atom is -0.444 e. The first-order valence-corrected chi connectivity index (χ1v) is 15.0. The van der Waals surface area contributed by atoms with Crippen LogP contribution in [0.15, 0.2) is 96.7 Å². The lowest BCUT2D eigenvalue weighted by Gasteiger charge is -2.35. The molecule has 6 atom stereocenters. The van der Waals surface area contributed by atoms with Crippen LogP contribution in [-0.4, -0.2) is 65.2 Å². The summed E-state index contributed by atoms with van der Waals surface area (Å²) in [5, 5.41) is 29.1. The molecule has 2 aliphatic heterocycles. The number of ether oxygens (including phenoxy) is 2. The van der Waals surface area contributed by atoms with E-state index in [1.807, 2.05) is 84.9 Å². The number of nitrogens with one attached hydrogen (secondary N) is 2. The van der Waals surface area contributed by atoms with Crippen LogP contribution >= 0.6 is 0 Å². The van der Waals surface area contributed by atoms with Gasteiger partial charge in [0.05, 0.1) is 31.5 Å². The summed E-state index contributed by atoms with van der Waals surface area (Å²) in [6.07, 6.45) is 0.790. The van der Waals surface area contributed by atoms with Crippen molar-refractivity contribution in [1.29, 1.82) is 0 Å². The number of aliphatic hydroxyl groups excluding tert-OH is 2. The first-order chi connectivity index (χ1) is 20.9. The number of fused-ring (bicyclic) bond motifs is 1. The molecule has 3 aromatic rings. The van der Waals surface area contributed by atoms with E-state index >= 15 is 0 Å². The maximum absolute atomic E-state index is 14.5. The third-order valence-electron chi connectivity index (χ3n) is 8.87. The van der Waals surface area contributed by atoms with Gasteiger partial charge in [0.1, 0.15) is 11.6 Å². The average Bonchev–Trinajstić information content (AvgIpc) is 3.72. The van der Waals surface area contributed by atoms with Crippen molar-refractivity contribution in [3.05, 3.63) is 119 Å². The summed E-state index contributed by atoms with van der Waals surface area (Å²) < 4.78 is 10.9. The van der Waals surface area contributed by atoms with E-state index in [2.05, 4.69) is 10.6 Å². The summed E-state index contributed by atoms with van der Waals surface area (Å²) in [6.45, 7) is 0.891. The second-order valence-corrected chi connectivity index (χ2v) is 11.9. The summed E-state index contributed by atoms with van der Waals surface area (Å²) in [6, 6.07) is 26.4. The first-order valence-electron chi connectivity index (χ1n) is 15.0. The lowest BCUT2D eigenvalue weighted by Crippen LogP contribution is -2.55. The predicted molar refractivity (Wildman–Crippen MR) is 161 cm³/mol. The SMILES string of the molecule is O=C(NC(Cc1ccccc1)C(O)CC1(Cc2ccccc2)NC=C(C2c3ccccc3CC2O)C1=O)OC1CCOC1. The van der Waals surface area contributed by atoms with E-state index in [-0.39, 0.29) is 18.3 Å². The zero-order valence-corrected chi connectivity index (χ0v) is 24.0. The van der Waals surface area contributed by atoms with Crippen molar-refractivity contribution in [2.24, 2.45) is 0 Å². The molecule has 6 unspecified atom stereocenters. The van der Waals surface area contributed by atoms with Gasteiger partial charge in [0.25, 0.3) is 0 Å². The highest BCUT2D eigenvalue weighted by molar-refractivity contribution is 6.06. The summed E-state index contributed by atoms with van der Waals surface area (Å²) >= 11 is 0. The van der Waals surface area contributed by atoms with E-state index in [1.54, 1.807) is 6.20 Å². The molecule has 6 rings (SSSR count). The summed E-state index contributed by atoms with van der Waals surface area (Å²) in [4.78, 5) is 27.4. The van der Waals surface area contributed by atoms with Crippen molar-refractivity contribution in [2.75, 3.05) is 13.2 Å². The quantitative estimate of drug-likeness (QED) is 0.289. The second kappa shape index (κ2) is 12.7. The van der Waals surface area contributed by atoms with Gasteiger partial charge in [-0.25, -0.2) is 4.79 Å². The molecule has 0 saturated carbocycles. The molecular weight excluding hydrogens is 544 g/mol. The van der Waals surface area contributed by atoms with Crippen molar-refractivity contribution < 1.29 is 29.3 Å².